The molecule has 0 aromatic heterocycles. The van der Waals surface area contributed by atoms with Crippen LogP contribution in [0.2, 0.25) is 0 Å². The van der Waals surface area contributed by atoms with E-state index in [1.165, 1.54) is 40.4 Å². The monoisotopic (exact) mass is 477 g/mol. The molecule has 0 fully saturated rings. The molecule has 33 heavy (non-hydrogen) atoms. The molecule has 0 radical (unpaired) electrons. The summed E-state index contributed by atoms with van der Waals surface area (Å²) >= 11 is 0. The van der Waals surface area contributed by atoms with Gasteiger partial charge in [-0.05, 0) is 6.92 Å². The summed E-state index contributed by atoms with van der Waals surface area (Å²) in [5, 5.41) is 0. The Balaban J connectivity index is 5.40. The number of ether oxygens (including phenoxy) is 5. The average molecular weight is 478 g/mol. The zero-order valence-corrected chi connectivity index (χ0v) is 20.2. The summed E-state index contributed by atoms with van der Waals surface area (Å²) in [6.07, 6.45) is 0. The first-order valence-electron chi connectivity index (χ1n) is 10.1. The fraction of sp³-hybridized carbons (Fsp3) is 0.750. The summed E-state index contributed by atoms with van der Waals surface area (Å²) in [5.41, 5.74) is 0. The van der Waals surface area contributed by atoms with E-state index in [1.54, 1.807) is 16.7 Å². The molecule has 0 aliphatic carbocycles. The van der Waals surface area contributed by atoms with Crippen molar-refractivity contribution < 1.29 is 47.7 Å². The zero-order chi connectivity index (χ0) is 25.4. The number of nitrogens with zero attached hydrogens (tertiary/aromatic N) is 3. The molecule has 0 aromatic carbocycles. The number of esters is 5. The molecule has 0 saturated heterocycles. The number of carbonyl (C=O) groups excluding carboxylic acids is 5. The van der Waals surface area contributed by atoms with Crippen molar-refractivity contribution in [2.75, 3.05) is 87.9 Å². The van der Waals surface area contributed by atoms with E-state index >= 15 is 0 Å². The maximum atomic E-state index is 11.9. The molecular formula is C20H35N3O10. The smallest absolute Gasteiger partial charge is 0.319 e. The Kier molecular flexibility index (Phi) is 15.4. The van der Waals surface area contributed by atoms with Gasteiger partial charge in [-0.15, -0.1) is 0 Å². The van der Waals surface area contributed by atoms with Crippen LogP contribution in [0.25, 0.3) is 0 Å². The van der Waals surface area contributed by atoms with E-state index in [0.29, 0.717) is 0 Å². The third-order valence-electron chi connectivity index (χ3n) is 4.74. The lowest BCUT2D eigenvalue weighted by Gasteiger charge is -2.32. The molecule has 1 atom stereocenters. The van der Waals surface area contributed by atoms with Crippen LogP contribution >= 0.6 is 0 Å². The summed E-state index contributed by atoms with van der Waals surface area (Å²) in [6.45, 7) is 1.82. The molecular weight excluding hydrogens is 442 g/mol. The van der Waals surface area contributed by atoms with Crippen LogP contribution < -0.4 is 0 Å². The second-order valence-electron chi connectivity index (χ2n) is 7.08. The highest BCUT2D eigenvalue weighted by Crippen LogP contribution is 2.05. The molecule has 0 amide bonds. The van der Waals surface area contributed by atoms with E-state index in [2.05, 4.69) is 9.47 Å². The van der Waals surface area contributed by atoms with Crippen molar-refractivity contribution in [2.24, 2.45) is 0 Å². The predicted molar refractivity (Wildman–Crippen MR) is 114 cm³/mol. The molecule has 0 N–H and O–H groups in total. The van der Waals surface area contributed by atoms with Gasteiger partial charge in [0.25, 0.3) is 0 Å². The van der Waals surface area contributed by atoms with Gasteiger partial charge in [-0.25, -0.2) is 0 Å². The van der Waals surface area contributed by atoms with Crippen LogP contribution in [0.1, 0.15) is 6.92 Å². The van der Waals surface area contributed by atoms with Crippen molar-refractivity contribution in [2.45, 2.75) is 13.0 Å². The summed E-state index contributed by atoms with van der Waals surface area (Å²) in [6, 6.07) is -0.373. The summed E-state index contributed by atoms with van der Waals surface area (Å²) in [4.78, 5) is 63.7. The minimum absolute atomic E-state index is 0.0879. The van der Waals surface area contributed by atoms with Crippen molar-refractivity contribution in [1.29, 1.82) is 0 Å². The number of methoxy groups -OCH3 is 5. The molecule has 0 heterocycles. The Morgan fingerprint density at radius 2 is 0.848 bits per heavy atom. The normalized spacial score (nSPS) is 11.8. The number of hydrogen-bond acceptors (Lipinski definition) is 13. The average Bonchev–Trinajstić information content (AvgIpc) is 2.80. The molecule has 0 aliphatic rings. The molecule has 0 saturated carbocycles. The van der Waals surface area contributed by atoms with Gasteiger partial charge in [0, 0.05) is 25.7 Å². The molecule has 13 nitrogen and oxygen atoms in total. The minimum atomic E-state index is -0.535. The fourth-order valence-electron chi connectivity index (χ4n) is 2.79. The van der Waals surface area contributed by atoms with Gasteiger partial charge in [-0.3, -0.25) is 38.7 Å². The SMILES string of the molecule is COC(=O)CN(CCN(CC(=O)OC)CC(C)N(CC(=O)OC)CC(=O)OC)CC(=O)OC. The molecule has 0 aliphatic heterocycles. The van der Waals surface area contributed by atoms with Crippen molar-refractivity contribution >= 4 is 29.8 Å². The van der Waals surface area contributed by atoms with Crippen LogP contribution in [0.15, 0.2) is 0 Å². The van der Waals surface area contributed by atoms with E-state index in [-0.39, 0.29) is 58.4 Å². The Morgan fingerprint density at radius 3 is 1.21 bits per heavy atom. The number of hydrogen-bond donors (Lipinski definition) is 0. The highest BCUT2D eigenvalue weighted by molar-refractivity contribution is 5.75. The lowest BCUT2D eigenvalue weighted by atomic mass is 10.2. The van der Waals surface area contributed by atoms with Gasteiger partial charge in [0.15, 0.2) is 0 Å². The maximum Gasteiger partial charge on any atom is 0.319 e. The summed E-state index contributed by atoms with van der Waals surface area (Å²) in [5.74, 6) is -2.63. The molecule has 0 rings (SSSR count). The Bertz CT molecular complexity index is 622. The van der Waals surface area contributed by atoms with Crippen molar-refractivity contribution in [1.82, 2.24) is 14.7 Å². The first kappa shape index (κ1) is 30.2. The van der Waals surface area contributed by atoms with Gasteiger partial charge in [-0.2, -0.15) is 0 Å². The van der Waals surface area contributed by atoms with E-state index in [9.17, 15) is 24.0 Å². The Morgan fingerprint density at radius 1 is 0.545 bits per heavy atom. The molecule has 0 spiro atoms. The molecule has 0 bridgehead atoms. The second kappa shape index (κ2) is 16.8. The second-order valence-corrected chi connectivity index (χ2v) is 7.08. The van der Waals surface area contributed by atoms with Gasteiger partial charge in [0.05, 0.1) is 68.3 Å². The molecule has 1 unspecified atom stereocenters. The first-order chi connectivity index (χ1) is 15.6. The molecule has 13 heteroatoms. The quantitative estimate of drug-likeness (QED) is 0.181. The van der Waals surface area contributed by atoms with Gasteiger partial charge in [-0.1, -0.05) is 0 Å². The maximum absolute atomic E-state index is 11.9. The van der Waals surface area contributed by atoms with Crippen LogP contribution in [-0.4, -0.2) is 138 Å². The summed E-state index contributed by atoms with van der Waals surface area (Å²) < 4.78 is 23.5. The first-order valence-corrected chi connectivity index (χ1v) is 10.1. The number of rotatable bonds is 16. The Hall–Kier alpha value is -2.77. The third kappa shape index (κ3) is 13.4. The van der Waals surface area contributed by atoms with Gasteiger partial charge >= 0.3 is 29.8 Å². The van der Waals surface area contributed by atoms with Crippen molar-refractivity contribution in [3.63, 3.8) is 0 Å². The van der Waals surface area contributed by atoms with Gasteiger partial charge < -0.3 is 23.7 Å². The van der Waals surface area contributed by atoms with Crippen LogP contribution in [-0.2, 0) is 47.7 Å². The van der Waals surface area contributed by atoms with Gasteiger partial charge in [0.1, 0.15) is 0 Å². The van der Waals surface area contributed by atoms with E-state index < -0.39 is 29.8 Å². The standard InChI is InChI=1S/C20H35N3O10/c1-15(23(13-19(27)32-5)14-20(28)33-6)9-21(10-16(24)29-2)7-8-22(11-17(25)30-3)12-18(26)31-4/h15H,7-14H2,1-6H3. The van der Waals surface area contributed by atoms with Crippen LogP contribution in [0.5, 0.6) is 0 Å². The van der Waals surface area contributed by atoms with E-state index in [0.717, 1.165) is 0 Å². The van der Waals surface area contributed by atoms with E-state index in [1.807, 2.05) is 0 Å². The fourth-order valence-corrected chi connectivity index (χ4v) is 2.79. The summed E-state index contributed by atoms with van der Waals surface area (Å²) in [7, 11) is 6.21. The zero-order valence-electron chi connectivity index (χ0n) is 20.2. The topological polar surface area (TPSA) is 141 Å². The minimum Gasteiger partial charge on any atom is -0.468 e. The van der Waals surface area contributed by atoms with Crippen molar-refractivity contribution in [3.8, 4) is 0 Å². The van der Waals surface area contributed by atoms with Crippen molar-refractivity contribution in [3.05, 3.63) is 0 Å². The highest BCUT2D eigenvalue weighted by atomic mass is 16.5. The lowest BCUT2D eigenvalue weighted by molar-refractivity contribution is -0.148. The predicted octanol–water partition coefficient (Wildman–Crippen LogP) is -1.85. The lowest BCUT2D eigenvalue weighted by Crippen LogP contribution is -2.49. The van der Waals surface area contributed by atoms with E-state index in [4.69, 9.17) is 14.2 Å². The largest absolute Gasteiger partial charge is 0.468 e. The van der Waals surface area contributed by atoms with Crippen LogP contribution in [0.3, 0.4) is 0 Å². The number of carbonyl (C=O) groups is 5. The third-order valence-corrected chi connectivity index (χ3v) is 4.74. The Labute approximate surface area is 193 Å². The highest BCUT2D eigenvalue weighted by Gasteiger charge is 2.25. The van der Waals surface area contributed by atoms with Gasteiger partial charge in [0.2, 0.25) is 0 Å². The van der Waals surface area contributed by atoms with Crippen LogP contribution in [0, 0.1) is 0 Å². The molecule has 190 valence electrons. The van der Waals surface area contributed by atoms with Crippen LogP contribution in [0.4, 0.5) is 0 Å². The molecule has 0 aromatic rings.